The van der Waals surface area contributed by atoms with Crippen molar-refractivity contribution in [1.82, 2.24) is 9.97 Å². The monoisotopic (exact) mass is 221 g/mol. The van der Waals surface area contributed by atoms with Gasteiger partial charge in [-0.05, 0) is 17.9 Å². The molecule has 0 bridgehead atoms. The number of nitrogens with zero attached hydrogens (tertiary/aromatic N) is 3. The van der Waals surface area contributed by atoms with Crippen LogP contribution in [0.4, 0.5) is 11.8 Å². The van der Waals surface area contributed by atoms with E-state index in [2.05, 4.69) is 28.7 Å². The molecule has 5 nitrogen and oxygen atoms in total. The summed E-state index contributed by atoms with van der Waals surface area (Å²) in [5.41, 5.74) is 11.8. The number of nitrogens with two attached hydrogens (primary N) is 2. The van der Waals surface area contributed by atoms with Gasteiger partial charge in [0.05, 0.1) is 0 Å². The van der Waals surface area contributed by atoms with Gasteiger partial charge < -0.3 is 16.4 Å². The van der Waals surface area contributed by atoms with E-state index in [9.17, 15) is 0 Å². The fourth-order valence-corrected chi connectivity index (χ4v) is 2.24. The first kappa shape index (κ1) is 11.1. The molecule has 2 atom stereocenters. The summed E-state index contributed by atoms with van der Waals surface area (Å²) in [5.74, 6) is 2.29. The van der Waals surface area contributed by atoms with Gasteiger partial charge in [-0.15, -0.1) is 0 Å². The quantitative estimate of drug-likeness (QED) is 0.759. The summed E-state index contributed by atoms with van der Waals surface area (Å²) in [7, 11) is 0. The highest BCUT2D eigenvalue weighted by Gasteiger charge is 2.33. The molecule has 0 unspecified atom stereocenters. The molecule has 0 saturated carbocycles. The Morgan fingerprint density at radius 1 is 1.44 bits per heavy atom. The minimum Gasteiger partial charge on any atom is -0.384 e. The molecule has 0 aliphatic carbocycles. The van der Waals surface area contributed by atoms with E-state index in [1.54, 1.807) is 12.3 Å². The maximum atomic E-state index is 6.12. The maximum Gasteiger partial charge on any atom is 0.227 e. The van der Waals surface area contributed by atoms with Crippen LogP contribution >= 0.6 is 0 Å². The van der Waals surface area contributed by atoms with E-state index >= 15 is 0 Å². The van der Waals surface area contributed by atoms with Crippen LogP contribution in [0.25, 0.3) is 0 Å². The average Bonchev–Trinajstić information content (AvgIpc) is 2.60. The molecule has 1 saturated heterocycles. The first-order valence-electron chi connectivity index (χ1n) is 5.67. The molecule has 1 fully saturated rings. The van der Waals surface area contributed by atoms with Gasteiger partial charge in [0.15, 0.2) is 0 Å². The molecule has 1 aromatic rings. The number of anilines is 2. The number of hydrogen-bond donors (Lipinski definition) is 2. The van der Waals surface area contributed by atoms with Crippen LogP contribution in [0.1, 0.15) is 13.8 Å². The molecule has 1 aromatic heterocycles. The fourth-order valence-electron chi connectivity index (χ4n) is 2.24. The molecule has 0 amide bonds. The number of rotatable bonds is 2. The van der Waals surface area contributed by atoms with E-state index in [1.165, 1.54) is 0 Å². The van der Waals surface area contributed by atoms with Crippen LogP contribution in [0.15, 0.2) is 12.3 Å². The lowest BCUT2D eigenvalue weighted by Crippen LogP contribution is -2.32. The molecule has 0 aromatic carbocycles. The third-order valence-corrected chi connectivity index (χ3v) is 3.22. The average molecular weight is 221 g/mol. The molecule has 1 aliphatic rings. The van der Waals surface area contributed by atoms with Gasteiger partial charge >= 0.3 is 0 Å². The van der Waals surface area contributed by atoms with Crippen molar-refractivity contribution >= 4 is 11.8 Å². The molecule has 2 heterocycles. The SMILES string of the molecule is CC(C)[C@H]1CN(c2nccc(N)n2)C[C@@H]1N. The van der Waals surface area contributed by atoms with Crippen molar-refractivity contribution in [3.8, 4) is 0 Å². The molecular weight excluding hydrogens is 202 g/mol. The molecule has 1 aliphatic heterocycles. The second kappa shape index (κ2) is 4.25. The van der Waals surface area contributed by atoms with Gasteiger partial charge in [0.1, 0.15) is 5.82 Å². The Morgan fingerprint density at radius 2 is 2.19 bits per heavy atom. The van der Waals surface area contributed by atoms with Gasteiger partial charge in [-0.3, -0.25) is 0 Å². The summed E-state index contributed by atoms with van der Waals surface area (Å²) >= 11 is 0. The molecule has 5 heteroatoms. The van der Waals surface area contributed by atoms with Crippen LogP contribution in [0.2, 0.25) is 0 Å². The van der Waals surface area contributed by atoms with E-state index in [0.29, 0.717) is 23.6 Å². The maximum absolute atomic E-state index is 6.12. The highest BCUT2D eigenvalue weighted by molar-refractivity contribution is 5.39. The van der Waals surface area contributed by atoms with Crippen LogP contribution in [0.3, 0.4) is 0 Å². The lowest BCUT2D eigenvalue weighted by molar-refractivity contribution is 0.382. The van der Waals surface area contributed by atoms with E-state index in [4.69, 9.17) is 11.5 Å². The summed E-state index contributed by atoms with van der Waals surface area (Å²) in [6.45, 7) is 6.14. The van der Waals surface area contributed by atoms with E-state index in [1.807, 2.05) is 0 Å². The summed E-state index contributed by atoms with van der Waals surface area (Å²) in [4.78, 5) is 10.6. The summed E-state index contributed by atoms with van der Waals surface area (Å²) in [6, 6.07) is 1.89. The normalized spacial score (nSPS) is 25.4. The number of hydrogen-bond acceptors (Lipinski definition) is 5. The van der Waals surface area contributed by atoms with Gasteiger partial charge in [-0.1, -0.05) is 13.8 Å². The van der Waals surface area contributed by atoms with Crippen LogP contribution in [0, 0.1) is 11.8 Å². The zero-order valence-corrected chi connectivity index (χ0v) is 9.80. The van der Waals surface area contributed by atoms with Crippen molar-refractivity contribution in [2.75, 3.05) is 23.7 Å². The Labute approximate surface area is 95.9 Å². The van der Waals surface area contributed by atoms with Crippen molar-refractivity contribution in [3.05, 3.63) is 12.3 Å². The van der Waals surface area contributed by atoms with E-state index in [-0.39, 0.29) is 6.04 Å². The first-order chi connectivity index (χ1) is 7.58. The topological polar surface area (TPSA) is 81.1 Å². The van der Waals surface area contributed by atoms with Crippen molar-refractivity contribution < 1.29 is 0 Å². The van der Waals surface area contributed by atoms with Crippen LogP contribution in [-0.2, 0) is 0 Å². The van der Waals surface area contributed by atoms with Gasteiger partial charge in [-0.25, -0.2) is 4.98 Å². The Balaban J connectivity index is 2.13. The second-order valence-corrected chi connectivity index (χ2v) is 4.76. The number of aromatic nitrogens is 2. The van der Waals surface area contributed by atoms with Crippen LogP contribution in [-0.4, -0.2) is 29.1 Å². The van der Waals surface area contributed by atoms with E-state index in [0.717, 1.165) is 13.1 Å². The standard InChI is InChI=1S/C11H19N5/c1-7(2)8-5-16(6-9(8)12)11-14-4-3-10(13)15-11/h3-4,7-9H,5-6,12H2,1-2H3,(H2,13,14,15)/t8-,9+/m1/s1. The van der Waals surface area contributed by atoms with Gasteiger partial charge in [0.2, 0.25) is 5.95 Å². The summed E-state index contributed by atoms with van der Waals surface area (Å²) < 4.78 is 0. The smallest absolute Gasteiger partial charge is 0.227 e. The zero-order chi connectivity index (χ0) is 11.7. The molecule has 88 valence electrons. The Morgan fingerprint density at radius 3 is 2.75 bits per heavy atom. The minimum absolute atomic E-state index is 0.199. The lowest BCUT2D eigenvalue weighted by atomic mass is 9.92. The van der Waals surface area contributed by atoms with Crippen molar-refractivity contribution in [2.24, 2.45) is 17.6 Å². The fraction of sp³-hybridized carbons (Fsp3) is 0.636. The molecule has 0 radical (unpaired) electrons. The van der Waals surface area contributed by atoms with Gasteiger partial charge in [-0.2, -0.15) is 4.98 Å². The molecule has 16 heavy (non-hydrogen) atoms. The van der Waals surface area contributed by atoms with Crippen molar-refractivity contribution in [2.45, 2.75) is 19.9 Å². The third-order valence-electron chi connectivity index (χ3n) is 3.22. The Kier molecular flexibility index (Phi) is 2.96. The Hall–Kier alpha value is -1.36. The first-order valence-corrected chi connectivity index (χ1v) is 5.67. The van der Waals surface area contributed by atoms with E-state index < -0.39 is 0 Å². The largest absolute Gasteiger partial charge is 0.384 e. The summed E-state index contributed by atoms with van der Waals surface area (Å²) in [6.07, 6.45) is 1.69. The Bertz CT molecular complexity index is 365. The van der Waals surface area contributed by atoms with Crippen LogP contribution in [0.5, 0.6) is 0 Å². The highest BCUT2D eigenvalue weighted by atomic mass is 15.3. The van der Waals surface area contributed by atoms with Crippen molar-refractivity contribution in [3.63, 3.8) is 0 Å². The molecule has 4 N–H and O–H groups in total. The predicted molar refractivity (Wildman–Crippen MR) is 65.0 cm³/mol. The summed E-state index contributed by atoms with van der Waals surface area (Å²) in [5, 5.41) is 0. The highest BCUT2D eigenvalue weighted by Crippen LogP contribution is 2.25. The minimum atomic E-state index is 0.199. The third kappa shape index (κ3) is 2.09. The lowest BCUT2D eigenvalue weighted by Gasteiger charge is -2.18. The van der Waals surface area contributed by atoms with Crippen LogP contribution < -0.4 is 16.4 Å². The second-order valence-electron chi connectivity index (χ2n) is 4.76. The zero-order valence-electron chi connectivity index (χ0n) is 9.80. The van der Waals surface area contributed by atoms with Gasteiger partial charge in [0, 0.05) is 25.3 Å². The van der Waals surface area contributed by atoms with Crippen molar-refractivity contribution in [1.29, 1.82) is 0 Å². The molecule has 2 rings (SSSR count). The number of nitrogen functional groups attached to an aromatic ring is 1. The van der Waals surface area contributed by atoms with Gasteiger partial charge in [0.25, 0.3) is 0 Å². The molecular formula is C11H19N5. The predicted octanol–water partition coefficient (Wildman–Crippen LogP) is 0.478. The molecule has 0 spiro atoms.